The van der Waals surface area contributed by atoms with Crippen LogP contribution in [-0.2, 0) is 32.1 Å². The Balaban J connectivity index is 1.39. The SMILES string of the molecule is O=C(O)C1=C(COCc2ccccc2)C(NC(=O)C(Cc2ccc([N+](=O)[O-])cc2)Oc2ccccc2)S[C@@H]2CC(=O)N12. The van der Waals surface area contributed by atoms with E-state index in [4.69, 9.17) is 9.47 Å². The second kappa shape index (κ2) is 12.9. The number of carboxylic acids is 1. The number of carboxylic acid groups (broad SMARTS) is 1. The Kier molecular flexibility index (Phi) is 8.84. The molecule has 216 valence electrons. The van der Waals surface area contributed by atoms with E-state index in [1.165, 1.54) is 28.8 Å². The Morgan fingerprint density at radius 1 is 1.00 bits per heavy atom. The molecular weight excluding hydrogens is 562 g/mol. The summed E-state index contributed by atoms with van der Waals surface area (Å²) in [7, 11) is 0. The maximum atomic E-state index is 13.7. The van der Waals surface area contributed by atoms with Crippen LogP contribution in [0.5, 0.6) is 5.75 Å². The third-order valence-corrected chi connectivity index (χ3v) is 8.15. The van der Waals surface area contributed by atoms with E-state index < -0.39 is 33.7 Å². The molecule has 42 heavy (non-hydrogen) atoms. The first-order valence-corrected chi connectivity index (χ1v) is 14.1. The van der Waals surface area contributed by atoms with Crippen molar-refractivity contribution in [3.05, 3.63) is 117 Å². The second-order valence-corrected chi connectivity index (χ2v) is 10.9. The van der Waals surface area contributed by atoms with Crippen molar-refractivity contribution in [1.29, 1.82) is 0 Å². The fraction of sp³-hybridized carbons (Fsp3) is 0.233. The zero-order chi connectivity index (χ0) is 29.6. The summed E-state index contributed by atoms with van der Waals surface area (Å²) in [6.07, 6.45) is -0.798. The molecule has 0 bridgehead atoms. The van der Waals surface area contributed by atoms with E-state index in [0.717, 1.165) is 5.56 Å². The molecule has 2 unspecified atom stereocenters. The summed E-state index contributed by atoms with van der Waals surface area (Å²) in [6, 6.07) is 23.9. The van der Waals surface area contributed by atoms with Crippen LogP contribution in [0.15, 0.2) is 96.2 Å². The molecular formula is C30H27N3O8S. The topological polar surface area (TPSA) is 148 Å². The lowest BCUT2D eigenvalue weighted by Crippen LogP contribution is -2.58. The quantitative estimate of drug-likeness (QED) is 0.182. The van der Waals surface area contributed by atoms with E-state index in [1.807, 2.05) is 36.4 Å². The lowest BCUT2D eigenvalue weighted by atomic mass is 10.1. The van der Waals surface area contributed by atoms with Crippen LogP contribution in [0.2, 0.25) is 0 Å². The standard InChI is InChI=1S/C30H27N3O8S/c34-25-16-26-32(25)27(30(36)37)23(18-40-17-20-7-3-1-4-8-20)29(42-26)31-28(35)24(41-22-9-5-2-6-10-22)15-19-11-13-21(14-12-19)33(38)39/h1-14,24,26,29H,15-18H2,(H,31,35)(H,36,37)/t24?,26-,29?/m1/s1. The van der Waals surface area contributed by atoms with Crippen LogP contribution in [0.3, 0.4) is 0 Å². The molecule has 11 nitrogen and oxygen atoms in total. The van der Waals surface area contributed by atoms with Gasteiger partial charge in [0.15, 0.2) is 6.10 Å². The number of nitro benzene ring substituents is 1. The largest absolute Gasteiger partial charge is 0.480 e. The minimum Gasteiger partial charge on any atom is -0.480 e. The van der Waals surface area contributed by atoms with E-state index in [0.29, 0.717) is 11.3 Å². The van der Waals surface area contributed by atoms with Crippen molar-refractivity contribution in [2.75, 3.05) is 6.61 Å². The maximum absolute atomic E-state index is 13.7. The van der Waals surface area contributed by atoms with E-state index in [1.54, 1.807) is 36.4 Å². The predicted octanol–water partition coefficient (Wildman–Crippen LogP) is 3.89. The van der Waals surface area contributed by atoms with Crippen LogP contribution in [0.4, 0.5) is 5.69 Å². The van der Waals surface area contributed by atoms with Gasteiger partial charge in [-0.05, 0) is 23.3 Å². The van der Waals surface area contributed by atoms with Crippen LogP contribution in [0.1, 0.15) is 17.5 Å². The number of fused-ring (bicyclic) bond motifs is 1. The van der Waals surface area contributed by atoms with Gasteiger partial charge in [0.1, 0.15) is 16.8 Å². The number of carbonyl (C=O) groups excluding carboxylic acids is 2. The van der Waals surface area contributed by atoms with Crippen molar-refractivity contribution >= 4 is 35.2 Å². The molecule has 12 heteroatoms. The number of β-lactam (4-membered cyclic amide) rings is 1. The summed E-state index contributed by atoms with van der Waals surface area (Å²) in [6.45, 7) is 0.0807. The fourth-order valence-corrected chi connectivity index (χ4v) is 6.11. The Bertz CT molecular complexity index is 1500. The number of hydrogen-bond donors (Lipinski definition) is 2. The third kappa shape index (κ3) is 6.61. The number of hydrogen-bond acceptors (Lipinski definition) is 8. The van der Waals surface area contributed by atoms with Crippen LogP contribution in [0.25, 0.3) is 0 Å². The fourth-order valence-electron chi connectivity index (χ4n) is 4.68. The van der Waals surface area contributed by atoms with Gasteiger partial charge in [0.05, 0.1) is 29.9 Å². The Morgan fingerprint density at radius 2 is 1.67 bits per heavy atom. The number of carbonyl (C=O) groups is 3. The van der Waals surface area contributed by atoms with Crippen LogP contribution in [-0.4, -0.2) is 56.2 Å². The highest BCUT2D eigenvalue weighted by Crippen LogP contribution is 2.43. The number of amides is 2. The maximum Gasteiger partial charge on any atom is 0.352 e. The first kappa shape index (κ1) is 28.8. The van der Waals surface area contributed by atoms with Gasteiger partial charge in [0, 0.05) is 24.1 Å². The molecule has 1 fully saturated rings. The molecule has 5 rings (SSSR count). The second-order valence-electron chi connectivity index (χ2n) is 9.65. The van der Waals surface area contributed by atoms with Crippen LogP contribution < -0.4 is 10.1 Å². The molecule has 1 saturated heterocycles. The summed E-state index contributed by atoms with van der Waals surface area (Å²) in [5.74, 6) is -1.66. The van der Waals surface area contributed by atoms with Gasteiger partial charge in [0.2, 0.25) is 5.91 Å². The van der Waals surface area contributed by atoms with Gasteiger partial charge in [0.25, 0.3) is 11.6 Å². The van der Waals surface area contributed by atoms with Gasteiger partial charge in [-0.3, -0.25) is 24.6 Å². The highest BCUT2D eigenvalue weighted by Gasteiger charge is 2.49. The van der Waals surface area contributed by atoms with Crippen LogP contribution in [0, 0.1) is 10.1 Å². The molecule has 2 amide bonds. The third-order valence-electron chi connectivity index (χ3n) is 6.79. The van der Waals surface area contributed by atoms with Gasteiger partial charge >= 0.3 is 5.97 Å². The Labute approximate surface area is 245 Å². The number of rotatable bonds is 12. The number of nitro groups is 1. The summed E-state index contributed by atoms with van der Waals surface area (Å²) >= 11 is 1.27. The molecule has 0 radical (unpaired) electrons. The molecule has 2 heterocycles. The molecule has 0 aromatic heterocycles. The van der Waals surface area contributed by atoms with Crippen molar-refractivity contribution in [2.24, 2.45) is 0 Å². The van der Waals surface area contributed by atoms with Gasteiger partial charge in [-0.2, -0.15) is 0 Å². The molecule has 2 N–H and O–H groups in total. The summed E-state index contributed by atoms with van der Waals surface area (Å²) in [4.78, 5) is 50.3. The van der Waals surface area contributed by atoms with E-state index >= 15 is 0 Å². The molecule has 3 atom stereocenters. The first-order chi connectivity index (χ1) is 20.3. The van der Waals surface area contributed by atoms with Gasteiger partial charge in [-0.1, -0.05) is 60.7 Å². The number of para-hydroxylation sites is 1. The number of nitrogens with zero attached hydrogens (tertiary/aromatic N) is 2. The molecule has 0 aliphatic carbocycles. The molecule has 2 aliphatic rings. The van der Waals surface area contributed by atoms with E-state index in [2.05, 4.69) is 5.32 Å². The summed E-state index contributed by atoms with van der Waals surface area (Å²) < 4.78 is 11.9. The van der Waals surface area contributed by atoms with Crippen molar-refractivity contribution in [2.45, 2.75) is 36.3 Å². The zero-order valence-electron chi connectivity index (χ0n) is 22.3. The van der Waals surface area contributed by atoms with E-state index in [9.17, 15) is 29.6 Å². The van der Waals surface area contributed by atoms with E-state index in [-0.39, 0.29) is 48.9 Å². The average Bonchev–Trinajstić information content (AvgIpc) is 2.98. The number of ether oxygens (including phenoxy) is 2. The number of aliphatic carboxylic acids is 1. The summed E-state index contributed by atoms with van der Waals surface area (Å²) in [5, 5.41) is 22.8. The lowest BCUT2D eigenvalue weighted by molar-refractivity contribution is -0.384. The lowest BCUT2D eigenvalue weighted by Gasteiger charge is -2.46. The monoisotopic (exact) mass is 589 g/mol. The summed E-state index contributed by atoms with van der Waals surface area (Å²) in [5.41, 5.74) is 1.51. The minimum absolute atomic E-state index is 0.0755. The van der Waals surface area contributed by atoms with Crippen molar-refractivity contribution < 1.29 is 33.9 Å². The molecule has 3 aromatic rings. The number of non-ortho nitro benzene ring substituents is 1. The zero-order valence-corrected chi connectivity index (χ0v) is 23.1. The highest BCUT2D eigenvalue weighted by molar-refractivity contribution is 8.00. The number of benzene rings is 3. The molecule has 0 saturated carbocycles. The van der Waals surface area contributed by atoms with Crippen LogP contribution >= 0.6 is 11.8 Å². The number of nitrogens with one attached hydrogen (secondary N) is 1. The van der Waals surface area contributed by atoms with Gasteiger partial charge < -0.3 is 19.9 Å². The Hall–Kier alpha value is -4.68. The van der Waals surface area contributed by atoms with Crippen molar-refractivity contribution in [1.82, 2.24) is 10.2 Å². The van der Waals surface area contributed by atoms with Crippen molar-refractivity contribution in [3.63, 3.8) is 0 Å². The normalized spacial score (nSPS) is 18.5. The van der Waals surface area contributed by atoms with Gasteiger partial charge in [-0.15, -0.1) is 11.8 Å². The van der Waals surface area contributed by atoms with Crippen molar-refractivity contribution in [3.8, 4) is 5.75 Å². The first-order valence-electron chi connectivity index (χ1n) is 13.1. The predicted molar refractivity (Wildman–Crippen MR) is 153 cm³/mol. The smallest absolute Gasteiger partial charge is 0.352 e. The Morgan fingerprint density at radius 3 is 2.29 bits per heavy atom. The molecule has 0 spiro atoms. The highest BCUT2D eigenvalue weighted by atomic mass is 32.2. The number of thioether (sulfide) groups is 1. The minimum atomic E-state index is -1.28. The molecule has 3 aromatic carbocycles. The molecule has 2 aliphatic heterocycles. The average molecular weight is 590 g/mol. The van der Waals surface area contributed by atoms with Gasteiger partial charge in [-0.25, -0.2) is 4.79 Å².